The summed E-state index contributed by atoms with van der Waals surface area (Å²) in [6.07, 6.45) is 3.03. The van der Waals surface area contributed by atoms with Crippen LogP contribution in [0.3, 0.4) is 0 Å². The van der Waals surface area contributed by atoms with Crippen LogP contribution in [0.15, 0.2) is 16.7 Å². The van der Waals surface area contributed by atoms with Crippen LogP contribution in [0, 0.1) is 12.8 Å². The third-order valence-corrected chi connectivity index (χ3v) is 2.39. The molecule has 0 spiro atoms. The van der Waals surface area contributed by atoms with Crippen molar-refractivity contribution < 1.29 is 4.42 Å². The maximum absolute atomic E-state index is 5.34. The lowest BCUT2D eigenvalue weighted by molar-refractivity contribution is 0.408. The van der Waals surface area contributed by atoms with E-state index in [0.717, 1.165) is 12.3 Å². The summed E-state index contributed by atoms with van der Waals surface area (Å²) in [6, 6.07) is 2.54. The van der Waals surface area contributed by atoms with E-state index in [-0.39, 0.29) is 0 Å². The summed E-state index contributed by atoms with van der Waals surface area (Å²) in [5.41, 5.74) is 1.27. The van der Waals surface area contributed by atoms with Crippen molar-refractivity contribution in [1.29, 1.82) is 0 Å². The molecular formula is C12H21NO. The molecule has 0 aliphatic heterocycles. The summed E-state index contributed by atoms with van der Waals surface area (Å²) in [5.74, 6) is 1.59. The van der Waals surface area contributed by atoms with E-state index in [1.165, 1.54) is 12.0 Å². The summed E-state index contributed by atoms with van der Waals surface area (Å²) >= 11 is 0. The Labute approximate surface area is 86.7 Å². The highest BCUT2D eigenvalue weighted by molar-refractivity contribution is 5.16. The molecule has 1 N–H and O–H groups in total. The summed E-state index contributed by atoms with van der Waals surface area (Å²) in [5, 5.41) is 3.54. The maximum atomic E-state index is 5.34. The fourth-order valence-corrected chi connectivity index (χ4v) is 1.67. The average Bonchev–Trinajstić information content (AvgIpc) is 2.52. The van der Waals surface area contributed by atoms with Crippen LogP contribution in [0.5, 0.6) is 0 Å². The number of aryl methyl sites for hydroxylation is 1. The SMILES string of the molecule is CCCNC(c1coc(C)c1)C(C)C. The minimum absolute atomic E-state index is 0.424. The van der Waals surface area contributed by atoms with Crippen LogP contribution in [0.1, 0.15) is 44.6 Å². The lowest BCUT2D eigenvalue weighted by atomic mass is 9.98. The molecule has 0 fully saturated rings. The molecule has 1 unspecified atom stereocenters. The van der Waals surface area contributed by atoms with Gasteiger partial charge in [0.25, 0.3) is 0 Å². The molecule has 0 saturated carbocycles. The Bertz CT molecular complexity index is 265. The Morgan fingerprint density at radius 1 is 1.43 bits per heavy atom. The molecule has 1 rings (SSSR count). The van der Waals surface area contributed by atoms with E-state index in [0.29, 0.717) is 12.0 Å². The van der Waals surface area contributed by atoms with E-state index in [9.17, 15) is 0 Å². The maximum Gasteiger partial charge on any atom is 0.101 e. The number of hydrogen-bond acceptors (Lipinski definition) is 2. The summed E-state index contributed by atoms with van der Waals surface area (Å²) in [4.78, 5) is 0. The zero-order chi connectivity index (χ0) is 10.6. The van der Waals surface area contributed by atoms with Crippen LogP contribution in [0.4, 0.5) is 0 Å². The van der Waals surface area contributed by atoms with Crippen molar-refractivity contribution in [1.82, 2.24) is 5.32 Å². The van der Waals surface area contributed by atoms with Crippen LogP contribution in [-0.2, 0) is 0 Å². The van der Waals surface area contributed by atoms with E-state index in [2.05, 4.69) is 32.2 Å². The number of nitrogens with one attached hydrogen (secondary N) is 1. The Morgan fingerprint density at radius 3 is 2.57 bits per heavy atom. The van der Waals surface area contributed by atoms with Crippen LogP contribution in [0.25, 0.3) is 0 Å². The monoisotopic (exact) mass is 195 g/mol. The summed E-state index contributed by atoms with van der Waals surface area (Å²) in [7, 11) is 0. The van der Waals surface area contributed by atoms with Crippen LogP contribution in [-0.4, -0.2) is 6.54 Å². The van der Waals surface area contributed by atoms with Gasteiger partial charge in [0.15, 0.2) is 0 Å². The van der Waals surface area contributed by atoms with Gasteiger partial charge in [-0.25, -0.2) is 0 Å². The van der Waals surface area contributed by atoms with E-state index in [1.807, 2.05) is 13.2 Å². The largest absolute Gasteiger partial charge is 0.469 e. The fraction of sp³-hybridized carbons (Fsp3) is 0.667. The molecule has 0 radical (unpaired) electrons. The van der Waals surface area contributed by atoms with Crippen molar-refractivity contribution in [2.75, 3.05) is 6.54 Å². The van der Waals surface area contributed by atoms with Crippen LogP contribution >= 0.6 is 0 Å². The molecule has 1 aromatic rings. The number of furan rings is 1. The highest BCUT2D eigenvalue weighted by Gasteiger charge is 2.16. The standard InChI is InChI=1S/C12H21NO/c1-5-6-13-12(9(2)3)11-7-10(4)14-8-11/h7-9,12-13H,5-6H2,1-4H3. The van der Waals surface area contributed by atoms with Gasteiger partial charge in [0, 0.05) is 11.6 Å². The van der Waals surface area contributed by atoms with Gasteiger partial charge < -0.3 is 9.73 Å². The predicted molar refractivity (Wildman–Crippen MR) is 59.3 cm³/mol. The molecule has 1 aromatic heterocycles. The van der Waals surface area contributed by atoms with E-state index in [4.69, 9.17) is 4.42 Å². The van der Waals surface area contributed by atoms with Crippen molar-refractivity contribution in [3.8, 4) is 0 Å². The molecule has 2 nitrogen and oxygen atoms in total. The van der Waals surface area contributed by atoms with Gasteiger partial charge in [0.05, 0.1) is 6.26 Å². The molecule has 0 aliphatic rings. The zero-order valence-corrected chi connectivity index (χ0v) is 9.63. The van der Waals surface area contributed by atoms with Crippen molar-refractivity contribution in [2.45, 2.75) is 40.2 Å². The minimum Gasteiger partial charge on any atom is -0.469 e. The first-order valence-electron chi connectivity index (χ1n) is 5.43. The molecule has 0 amide bonds. The minimum atomic E-state index is 0.424. The third-order valence-electron chi connectivity index (χ3n) is 2.39. The second kappa shape index (κ2) is 5.20. The molecular weight excluding hydrogens is 174 g/mol. The smallest absolute Gasteiger partial charge is 0.101 e. The second-order valence-corrected chi connectivity index (χ2v) is 4.17. The van der Waals surface area contributed by atoms with Gasteiger partial charge in [-0.15, -0.1) is 0 Å². The Hall–Kier alpha value is -0.760. The molecule has 0 aromatic carbocycles. The first kappa shape index (κ1) is 11.3. The molecule has 1 heterocycles. The van der Waals surface area contributed by atoms with Gasteiger partial charge >= 0.3 is 0 Å². The fourth-order valence-electron chi connectivity index (χ4n) is 1.67. The molecule has 14 heavy (non-hydrogen) atoms. The normalized spacial score (nSPS) is 13.5. The first-order chi connectivity index (χ1) is 6.65. The van der Waals surface area contributed by atoms with Crippen LogP contribution < -0.4 is 5.32 Å². The molecule has 0 aliphatic carbocycles. The lowest BCUT2D eigenvalue weighted by Gasteiger charge is -2.20. The van der Waals surface area contributed by atoms with E-state index < -0.39 is 0 Å². The van der Waals surface area contributed by atoms with Crippen molar-refractivity contribution >= 4 is 0 Å². The molecule has 1 atom stereocenters. The quantitative estimate of drug-likeness (QED) is 0.780. The average molecular weight is 195 g/mol. The first-order valence-corrected chi connectivity index (χ1v) is 5.43. The highest BCUT2D eigenvalue weighted by Crippen LogP contribution is 2.23. The van der Waals surface area contributed by atoms with Gasteiger partial charge in [0.2, 0.25) is 0 Å². The predicted octanol–water partition coefficient (Wildman–Crippen LogP) is 3.28. The van der Waals surface area contributed by atoms with Gasteiger partial charge in [-0.1, -0.05) is 20.8 Å². The Balaban J connectivity index is 2.67. The molecule has 80 valence electrons. The molecule has 0 saturated heterocycles. The van der Waals surface area contributed by atoms with E-state index >= 15 is 0 Å². The zero-order valence-electron chi connectivity index (χ0n) is 9.63. The van der Waals surface area contributed by atoms with Gasteiger partial charge in [-0.3, -0.25) is 0 Å². The topological polar surface area (TPSA) is 25.2 Å². The van der Waals surface area contributed by atoms with Crippen LogP contribution in [0.2, 0.25) is 0 Å². The van der Waals surface area contributed by atoms with Crippen molar-refractivity contribution in [2.24, 2.45) is 5.92 Å². The molecule has 0 bridgehead atoms. The van der Waals surface area contributed by atoms with Gasteiger partial charge in [-0.05, 0) is 31.9 Å². The van der Waals surface area contributed by atoms with Gasteiger partial charge in [-0.2, -0.15) is 0 Å². The van der Waals surface area contributed by atoms with E-state index in [1.54, 1.807) is 0 Å². The molecule has 2 heteroatoms. The Morgan fingerprint density at radius 2 is 2.14 bits per heavy atom. The number of hydrogen-bond donors (Lipinski definition) is 1. The Kier molecular flexibility index (Phi) is 4.21. The highest BCUT2D eigenvalue weighted by atomic mass is 16.3. The third kappa shape index (κ3) is 2.88. The summed E-state index contributed by atoms with van der Waals surface area (Å²) < 4.78 is 5.34. The summed E-state index contributed by atoms with van der Waals surface area (Å²) in [6.45, 7) is 9.70. The van der Waals surface area contributed by atoms with Gasteiger partial charge in [0.1, 0.15) is 5.76 Å². The van der Waals surface area contributed by atoms with Crippen molar-refractivity contribution in [3.05, 3.63) is 23.7 Å². The van der Waals surface area contributed by atoms with Crippen molar-refractivity contribution in [3.63, 3.8) is 0 Å². The number of rotatable bonds is 5. The lowest BCUT2D eigenvalue weighted by Crippen LogP contribution is -2.25. The second-order valence-electron chi connectivity index (χ2n) is 4.17.